The first-order valence-corrected chi connectivity index (χ1v) is 7.21. The maximum absolute atomic E-state index is 12.3. The van der Waals surface area contributed by atoms with Gasteiger partial charge in [-0.3, -0.25) is 0 Å². The number of nitrogens with zero attached hydrogens (tertiary/aromatic N) is 1. The van der Waals surface area contributed by atoms with Crippen molar-refractivity contribution in [2.45, 2.75) is 13.0 Å². The zero-order valence-corrected chi connectivity index (χ0v) is 13.3. The predicted molar refractivity (Wildman–Crippen MR) is 91.0 cm³/mol. The minimum Gasteiger partial charge on any atom is -0.310 e. The summed E-state index contributed by atoms with van der Waals surface area (Å²) in [5, 5.41) is 3.42. The Bertz CT molecular complexity index is 687. The van der Waals surface area contributed by atoms with Crippen LogP contribution in [0.5, 0.6) is 0 Å². The lowest BCUT2D eigenvalue weighted by molar-refractivity contribution is 0.215. The molecule has 0 saturated heterocycles. The summed E-state index contributed by atoms with van der Waals surface area (Å²) < 4.78 is 0. The molecule has 1 N–H and O–H groups in total. The third kappa shape index (κ3) is 3.81. The van der Waals surface area contributed by atoms with E-state index in [1.165, 1.54) is 4.90 Å². The van der Waals surface area contributed by atoms with Crippen LogP contribution in [0.1, 0.15) is 17.2 Å². The zero-order valence-electron chi connectivity index (χ0n) is 12.5. The monoisotopic (exact) mass is 312 g/mol. The third-order valence-corrected chi connectivity index (χ3v) is 3.61. The lowest BCUT2D eigenvalue weighted by atomic mass is 10.1. The molecule has 112 valence electrons. The summed E-state index contributed by atoms with van der Waals surface area (Å²) in [7, 11) is 1.68. The standard InChI is InChI=1S/C18H17ClN2O/c1-4-17(14-7-5-13(2)6-8-14)21(3)18(22)20-16-11-9-15(19)10-12-16/h1,5-12,17H,2-3H3,(H,20,22). The number of amides is 2. The molecule has 0 saturated carbocycles. The molecule has 2 rings (SSSR count). The number of terminal acetylenes is 1. The van der Waals surface area contributed by atoms with Crippen LogP contribution < -0.4 is 5.32 Å². The molecule has 0 bridgehead atoms. The van der Waals surface area contributed by atoms with Gasteiger partial charge in [0.15, 0.2) is 0 Å². The van der Waals surface area contributed by atoms with Gasteiger partial charge in [0.05, 0.1) is 0 Å². The van der Waals surface area contributed by atoms with E-state index in [9.17, 15) is 4.79 Å². The van der Waals surface area contributed by atoms with Gasteiger partial charge in [-0.2, -0.15) is 0 Å². The normalized spacial score (nSPS) is 11.4. The van der Waals surface area contributed by atoms with E-state index in [1.807, 2.05) is 31.2 Å². The van der Waals surface area contributed by atoms with Crippen molar-refractivity contribution in [3.8, 4) is 12.3 Å². The average molecular weight is 313 g/mol. The van der Waals surface area contributed by atoms with Gasteiger partial charge in [0.2, 0.25) is 0 Å². The molecule has 2 aromatic rings. The van der Waals surface area contributed by atoms with Crippen LogP contribution in [0, 0.1) is 19.3 Å². The number of benzene rings is 2. The van der Waals surface area contributed by atoms with E-state index in [0.717, 1.165) is 11.1 Å². The number of nitrogens with one attached hydrogen (secondary N) is 1. The van der Waals surface area contributed by atoms with Crippen molar-refractivity contribution in [1.82, 2.24) is 4.90 Å². The second kappa shape index (κ2) is 7.02. The molecule has 3 nitrogen and oxygen atoms in total. The lowest BCUT2D eigenvalue weighted by Crippen LogP contribution is -2.34. The van der Waals surface area contributed by atoms with Gasteiger partial charge in [-0.1, -0.05) is 47.4 Å². The molecule has 0 heterocycles. The number of hydrogen-bond acceptors (Lipinski definition) is 1. The van der Waals surface area contributed by atoms with E-state index in [1.54, 1.807) is 31.3 Å². The molecule has 1 unspecified atom stereocenters. The van der Waals surface area contributed by atoms with Crippen LogP contribution in [0.2, 0.25) is 5.02 Å². The van der Waals surface area contributed by atoms with Gasteiger partial charge in [-0.05, 0) is 36.8 Å². The van der Waals surface area contributed by atoms with Crippen molar-refractivity contribution in [3.63, 3.8) is 0 Å². The third-order valence-electron chi connectivity index (χ3n) is 3.35. The van der Waals surface area contributed by atoms with Crippen LogP contribution in [0.4, 0.5) is 10.5 Å². The van der Waals surface area contributed by atoms with Gasteiger partial charge in [-0.15, -0.1) is 6.42 Å². The average Bonchev–Trinajstić information content (AvgIpc) is 2.52. The zero-order chi connectivity index (χ0) is 16.1. The van der Waals surface area contributed by atoms with Gasteiger partial charge >= 0.3 is 6.03 Å². The summed E-state index contributed by atoms with van der Waals surface area (Å²) in [5.74, 6) is 2.66. The molecule has 1 atom stereocenters. The first-order chi connectivity index (χ1) is 10.5. The Morgan fingerprint density at radius 3 is 2.32 bits per heavy atom. The largest absolute Gasteiger partial charge is 0.322 e. The number of anilines is 1. The van der Waals surface area contributed by atoms with Crippen molar-refractivity contribution >= 4 is 23.3 Å². The highest BCUT2D eigenvalue weighted by Gasteiger charge is 2.19. The number of urea groups is 1. The molecule has 0 aliphatic rings. The smallest absolute Gasteiger partial charge is 0.310 e. The quantitative estimate of drug-likeness (QED) is 0.832. The minimum atomic E-state index is -0.423. The van der Waals surface area contributed by atoms with Gasteiger partial charge < -0.3 is 10.2 Å². The van der Waals surface area contributed by atoms with E-state index in [2.05, 4.69) is 11.2 Å². The summed E-state index contributed by atoms with van der Waals surface area (Å²) in [4.78, 5) is 13.8. The van der Waals surface area contributed by atoms with Gasteiger partial charge in [0.25, 0.3) is 0 Å². The van der Waals surface area contributed by atoms with Crippen molar-refractivity contribution < 1.29 is 4.79 Å². The number of aryl methyl sites for hydroxylation is 1. The fourth-order valence-electron chi connectivity index (χ4n) is 2.04. The molecule has 0 radical (unpaired) electrons. The topological polar surface area (TPSA) is 32.3 Å². The molecule has 2 amide bonds. The van der Waals surface area contributed by atoms with E-state index >= 15 is 0 Å². The van der Waals surface area contributed by atoms with Crippen LogP contribution in [0.15, 0.2) is 48.5 Å². The predicted octanol–water partition coefficient (Wildman–Crippen LogP) is 4.49. The van der Waals surface area contributed by atoms with Crippen LogP contribution in [0.3, 0.4) is 0 Å². The highest BCUT2D eigenvalue weighted by Crippen LogP contribution is 2.21. The summed E-state index contributed by atoms with van der Waals surface area (Å²) in [6, 6.07) is 14.0. The molecule has 22 heavy (non-hydrogen) atoms. The fraction of sp³-hybridized carbons (Fsp3) is 0.167. The van der Waals surface area contributed by atoms with Crippen LogP contribution >= 0.6 is 11.6 Å². The van der Waals surface area contributed by atoms with Crippen molar-refractivity contribution in [2.75, 3.05) is 12.4 Å². The summed E-state index contributed by atoms with van der Waals surface area (Å²) in [5.41, 5.74) is 2.72. The van der Waals surface area contributed by atoms with Crippen LogP contribution in [0.25, 0.3) is 0 Å². The SMILES string of the molecule is C#CC(c1ccc(C)cc1)N(C)C(=O)Nc1ccc(Cl)cc1. The Morgan fingerprint density at radius 2 is 1.77 bits per heavy atom. The van der Waals surface area contributed by atoms with Gasteiger partial charge in [0.1, 0.15) is 6.04 Å². The Labute approximate surface area is 135 Å². The van der Waals surface area contributed by atoms with Crippen molar-refractivity contribution in [3.05, 3.63) is 64.7 Å². The maximum Gasteiger partial charge on any atom is 0.322 e. The molecule has 0 aliphatic heterocycles. The molecular formula is C18H17ClN2O. The Kier molecular flexibility index (Phi) is 5.08. The number of rotatable bonds is 3. The summed E-state index contributed by atoms with van der Waals surface area (Å²) in [6.07, 6.45) is 5.61. The molecule has 0 fully saturated rings. The van der Waals surface area contributed by atoms with E-state index in [0.29, 0.717) is 10.7 Å². The Morgan fingerprint density at radius 1 is 1.18 bits per heavy atom. The van der Waals surface area contributed by atoms with Gasteiger partial charge in [-0.25, -0.2) is 4.79 Å². The molecular weight excluding hydrogens is 296 g/mol. The van der Waals surface area contributed by atoms with Gasteiger partial charge in [0, 0.05) is 17.8 Å². The Balaban J connectivity index is 2.12. The number of carbonyl (C=O) groups excluding carboxylic acids is 1. The lowest BCUT2D eigenvalue weighted by Gasteiger charge is -2.25. The second-order valence-corrected chi connectivity index (χ2v) is 5.46. The Hall–Kier alpha value is -2.44. The highest BCUT2D eigenvalue weighted by atomic mass is 35.5. The first-order valence-electron chi connectivity index (χ1n) is 6.83. The maximum atomic E-state index is 12.3. The number of halogens is 1. The second-order valence-electron chi connectivity index (χ2n) is 5.03. The highest BCUT2D eigenvalue weighted by molar-refractivity contribution is 6.30. The first kappa shape index (κ1) is 15.9. The van der Waals surface area contributed by atoms with Crippen LogP contribution in [-0.4, -0.2) is 18.0 Å². The number of carbonyl (C=O) groups is 1. The van der Waals surface area contributed by atoms with E-state index in [4.69, 9.17) is 18.0 Å². The van der Waals surface area contributed by atoms with Crippen molar-refractivity contribution in [2.24, 2.45) is 0 Å². The molecule has 4 heteroatoms. The molecule has 0 spiro atoms. The van der Waals surface area contributed by atoms with Crippen LogP contribution in [-0.2, 0) is 0 Å². The molecule has 2 aromatic carbocycles. The molecule has 0 aliphatic carbocycles. The van der Waals surface area contributed by atoms with E-state index < -0.39 is 6.04 Å². The van der Waals surface area contributed by atoms with Crippen molar-refractivity contribution in [1.29, 1.82) is 0 Å². The minimum absolute atomic E-state index is 0.272. The number of hydrogen-bond donors (Lipinski definition) is 1. The summed E-state index contributed by atoms with van der Waals surface area (Å²) in [6.45, 7) is 2.01. The summed E-state index contributed by atoms with van der Waals surface area (Å²) >= 11 is 5.83. The molecule has 0 aromatic heterocycles. The van der Waals surface area contributed by atoms with E-state index in [-0.39, 0.29) is 6.03 Å². The fourth-order valence-corrected chi connectivity index (χ4v) is 2.17.